The summed E-state index contributed by atoms with van der Waals surface area (Å²) >= 11 is 1.52. The lowest BCUT2D eigenvalue weighted by molar-refractivity contribution is -0.115. The number of rotatable bonds is 6. The normalized spacial score (nSPS) is 15.2. The van der Waals surface area contributed by atoms with Crippen molar-refractivity contribution in [1.29, 1.82) is 0 Å². The van der Waals surface area contributed by atoms with Gasteiger partial charge in [0, 0.05) is 10.6 Å². The van der Waals surface area contributed by atoms with E-state index in [1.807, 2.05) is 43.3 Å². The molecule has 138 valence electrons. The minimum Gasteiger partial charge on any atom is -0.486 e. The van der Waals surface area contributed by atoms with Gasteiger partial charge < -0.3 is 14.8 Å². The van der Waals surface area contributed by atoms with E-state index in [4.69, 9.17) is 9.47 Å². The van der Waals surface area contributed by atoms with Crippen molar-refractivity contribution < 1.29 is 14.3 Å². The van der Waals surface area contributed by atoms with E-state index in [1.54, 1.807) is 0 Å². The summed E-state index contributed by atoms with van der Waals surface area (Å²) in [5.41, 5.74) is 2.08. The van der Waals surface area contributed by atoms with Gasteiger partial charge in [0.1, 0.15) is 13.2 Å². The summed E-state index contributed by atoms with van der Waals surface area (Å²) in [4.78, 5) is 13.7. The number of carbonyl (C=O) groups excluding carboxylic acids is 1. The van der Waals surface area contributed by atoms with Crippen LogP contribution in [0.1, 0.15) is 38.7 Å². The molecule has 1 heterocycles. The van der Waals surface area contributed by atoms with Crippen LogP contribution in [-0.4, -0.2) is 24.4 Å². The Bertz CT molecular complexity index is 778. The molecular weight excluding hydrogens is 346 g/mol. The van der Waals surface area contributed by atoms with Crippen molar-refractivity contribution in [3.05, 3.63) is 48.0 Å². The molecule has 0 radical (unpaired) electrons. The fraction of sp³-hybridized carbons (Fsp3) is 0.381. The Labute approximate surface area is 159 Å². The van der Waals surface area contributed by atoms with Gasteiger partial charge in [-0.15, -0.1) is 11.8 Å². The molecule has 0 spiro atoms. The van der Waals surface area contributed by atoms with Crippen LogP contribution < -0.4 is 14.8 Å². The van der Waals surface area contributed by atoms with E-state index in [9.17, 15) is 4.79 Å². The van der Waals surface area contributed by atoms with Crippen LogP contribution in [0.25, 0.3) is 0 Å². The number of thioether (sulfide) groups is 1. The first-order valence-corrected chi connectivity index (χ1v) is 9.92. The van der Waals surface area contributed by atoms with E-state index in [0.717, 1.165) is 28.5 Å². The van der Waals surface area contributed by atoms with Gasteiger partial charge in [0.2, 0.25) is 5.91 Å². The van der Waals surface area contributed by atoms with E-state index in [2.05, 4.69) is 25.2 Å². The van der Waals surface area contributed by atoms with E-state index in [0.29, 0.717) is 19.1 Å². The minimum atomic E-state index is -0.220. The number of anilines is 1. The number of hydrogen-bond donors (Lipinski definition) is 1. The molecule has 4 nitrogen and oxygen atoms in total. The SMILES string of the molecule is CC[C@H](C)c1ccccc1NC(=O)[C@@H](C)Sc1ccc2c(c1)OCCO2. The summed E-state index contributed by atoms with van der Waals surface area (Å²) in [6, 6.07) is 13.8. The molecule has 0 bridgehead atoms. The average molecular weight is 372 g/mol. The Hall–Kier alpha value is -2.14. The highest BCUT2D eigenvalue weighted by atomic mass is 32.2. The maximum absolute atomic E-state index is 12.7. The molecule has 2 atom stereocenters. The number of para-hydroxylation sites is 1. The van der Waals surface area contributed by atoms with Gasteiger partial charge in [0.15, 0.2) is 11.5 Å². The molecule has 1 amide bonds. The molecule has 5 heteroatoms. The molecule has 0 saturated heterocycles. The van der Waals surface area contributed by atoms with Crippen LogP contribution in [0.5, 0.6) is 11.5 Å². The number of amides is 1. The minimum absolute atomic E-state index is 0.000595. The second kappa shape index (κ2) is 8.49. The molecule has 0 unspecified atom stereocenters. The molecule has 0 aromatic heterocycles. The van der Waals surface area contributed by atoms with Crippen LogP contribution in [0, 0.1) is 0 Å². The van der Waals surface area contributed by atoms with Crippen LogP contribution in [0.2, 0.25) is 0 Å². The first-order valence-electron chi connectivity index (χ1n) is 9.04. The Morgan fingerprint density at radius 3 is 2.62 bits per heavy atom. The van der Waals surface area contributed by atoms with Crippen molar-refractivity contribution in [2.24, 2.45) is 0 Å². The van der Waals surface area contributed by atoms with Gasteiger partial charge in [-0.2, -0.15) is 0 Å². The highest BCUT2D eigenvalue weighted by molar-refractivity contribution is 8.00. The molecule has 2 aromatic rings. The Morgan fingerprint density at radius 2 is 1.85 bits per heavy atom. The Morgan fingerprint density at radius 1 is 1.12 bits per heavy atom. The van der Waals surface area contributed by atoms with Gasteiger partial charge in [-0.25, -0.2) is 0 Å². The van der Waals surface area contributed by atoms with Gasteiger partial charge in [-0.05, 0) is 49.1 Å². The maximum Gasteiger partial charge on any atom is 0.237 e. The lowest BCUT2D eigenvalue weighted by Gasteiger charge is -2.20. The number of carbonyl (C=O) groups is 1. The van der Waals surface area contributed by atoms with E-state index < -0.39 is 0 Å². The second-order valence-corrected chi connectivity index (χ2v) is 7.87. The fourth-order valence-electron chi connectivity index (χ4n) is 2.85. The first-order chi connectivity index (χ1) is 12.6. The summed E-state index contributed by atoms with van der Waals surface area (Å²) in [5, 5.41) is 2.87. The molecule has 26 heavy (non-hydrogen) atoms. The molecule has 0 aliphatic carbocycles. The van der Waals surface area contributed by atoms with Gasteiger partial charge in [-0.1, -0.05) is 32.0 Å². The summed E-state index contributed by atoms with van der Waals surface area (Å²) in [7, 11) is 0. The summed E-state index contributed by atoms with van der Waals surface area (Å²) < 4.78 is 11.2. The molecule has 1 N–H and O–H groups in total. The number of fused-ring (bicyclic) bond motifs is 1. The lowest BCUT2D eigenvalue weighted by Crippen LogP contribution is -2.23. The van der Waals surface area contributed by atoms with Gasteiger partial charge >= 0.3 is 0 Å². The largest absolute Gasteiger partial charge is 0.486 e. The molecule has 2 aromatic carbocycles. The zero-order chi connectivity index (χ0) is 18.5. The zero-order valence-corrected chi connectivity index (χ0v) is 16.3. The Balaban J connectivity index is 1.67. The first kappa shape index (κ1) is 18.6. The summed E-state index contributed by atoms with van der Waals surface area (Å²) in [6.45, 7) is 7.39. The van der Waals surface area contributed by atoms with Crippen molar-refractivity contribution in [1.82, 2.24) is 0 Å². The number of benzene rings is 2. The van der Waals surface area contributed by atoms with Gasteiger partial charge in [0.25, 0.3) is 0 Å². The van der Waals surface area contributed by atoms with Crippen molar-refractivity contribution in [2.45, 2.75) is 43.3 Å². The third-order valence-electron chi connectivity index (χ3n) is 4.56. The molecule has 1 aliphatic heterocycles. The van der Waals surface area contributed by atoms with Crippen LogP contribution in [-0.2, 0) is 4.79 Å². The highest BCUT2D eigenvalue weighted by Gasteiger charge is 2.19. The van der Waals surface area contributed by atoms with E-state index >= 15 is 0 Å². The van der Waals surface area contributed by atoms with Crippen LogP contribution >= 0.6 is 11.8 Å². The predicted octanol–water partition coefficient (Wildman–Crippen LogP) is 5.09. The van der Waals surface area contributed by atoms with Crippen LogP contribution in [0.4, 0.5) is 5.69 Å². The third kappa shape index (κ3) is 4.33. The van der Waals surface area contributed by atoms with E-state index in [-0.39, 0.29) is 11.2 Å². The topological polar surface area (TPSA) is 47.6 Å². The molecule has 3 rings (SSSR count). The molecule has 0 saturated carbocycles. The van der Waals surface area contributed by atoms with Crippen molar-refractivity contribution in [3.8, 4) is 11.5 Å². The highest BCUT2D eigenvalue weighted by Crippen LogP contribution is 2.36. The second-order valence-electron chi connectivity index (χ2n) is 6.45. The predicted molar refractivity (Wildman–Crippen MR) is 107 cm³/mol. The standard InChI is InChI=1S/C21H25NO3S/c1-4-14(2)17-7-5-6-8-18(17)22-21(23)15(3)26-16-9-10-19-20(13-16)25-12-11-24-19/h5-10,13-15H,4,11-12H2,1-3H3,(H,22,23)/t14-,15+/m0/s1. The quantitative estimate of drug-likeness (QED) is 0.719. The zero-order valence-electron chi connectivity index (χ0n) is 15.5. The number of nitrogens with one attached hydrogen (secondary N) is 1. The van der Waals surface area contributed by atoms with Crippen LogP contribution in [0.15, 0.2) is 47.4 Å². The van der Waals surface area contributed by atoms with Gasteiger partial charge in [0.05, 0.1) is 5.25 Å². The fourth-order valence-corrected chi connectivity index (χ4v) is 3.75. The maximum atomic E-state index is 12.7. The summed E-state index contributed by atoms with van der Waals surface area (Å²) in [6.07, 6.45) is 1.04. The number of ether oxygens (including phenoxy) is 2. The summed E-state index contributed by atoms with van der Waals surface area (Å²) in [5.74, 6) is 1.92. The van der Waals surface area contributed by atoms with Crippen molar-refractivity contribution in [3.63, 3.8) is 0 Å². The third-order valence-corrected chi connectivity index (χ3v) is 5.65. The monoisotopic (exact) mass is 371 g/mol. The molecule has 1 aliphatic rings. The number of hydrogen-bond acceptors (Lipinski definition) is 4. The van der Waals surface area contributed by atoms with Crippen molar-refractivity contribution in [2.75, 3.05) is 18.5 Å². The molecule has 0 fully saturated rings. The average Bonchev–Trinajstić information content (AvgIpc) is 2.67. The Kier molecular flexibility index (Phi) is 6.09. The van der Waals surface area contributed by atoms with Crippen LogP contribution in [0.3, 0.4) is 0 Å². The van der Waals surface area contributed by atoms with Gasteiger partial charge in [-0.3, -0.25) is 4.79 Å². The lowest BCUT2D eigenvalue weighted by atomic mass is 9.97. The smallest absolute Gasteiger partial charge is 0.237 e. The van der Waals surface area contributed by atoms with Crippen molar-refractivity contribution >= 4 is 23.4 Å². The molecular formula is C21H25NO3S. The van der Waals surface area contributed by atoms with E-state index in [1.165, 1.54) is 17.3 Å².